The van der Waals surface area contributed by atoms with Crippen molar-refractivity contribution in [2.24, 2.45) is 0 Å². The number of hydrogen-bond donors (Lipinski definition) is 4. The van der Waals surface area contributed by atoms with E-state index in [9.17, 15) is 22.4 Å². The van der Waals surface area contributed by atoms with E-state index in [2.05, 4.69) is 20.3 Å². The summed E-state index contributed by atoms with van der Waals surface area (Å²) < 4.78 is 60.8. The molecule has 182 valence electrons. The van der Waals surface area contributed by atoms with Crippen LogP contribution >= 0.6 is 11.6 Å². The van der Waals surface area contributed by atoms with E-state index in [4.69, 9.17) is 27.5 Å². The van der Waals surface area contributed by atoms with Gasteiger partial charge in [0.2, 0.25) is 5.88 Å². The van der Waals surface area contributed by atoms with Gasteiger partial charge in [0.1, 0.15) is 28.7 Å². The largest absolute Gasteiger partial charge is 0.434 e. The Morgan fingerprint density at radius 2 is 1.91 bits per heavy atom. The summed E-state index contributed by atoms with van der Waals surface area (Å²) in [7, 11) is 0. The lowest BCUT2D eigenvalue weighted by Gasteiger charge is -2.17. The van der Waals surface area contributed by atoms with Gasteiger partial charge in [-0.1, -0.05) is 17.7 Å². The van der Waals surface area contributed by atoms with Crippen LogP contribution in [0.25, 0.3) is 0 Å². The number of carbonyl (C=O) groups excluding carboxylic acids is 1. The number of aromatic nitrogens is 3. The second-order valence-corrected chi connectivity index (χ2v) is 7.23. The fourth-order valence-corrected chi connectivity index (χ4v) is 2.75. The maximum absolute atomic E-state index is 14.5. The fourth-order valence-electron chi connectivity index (χ4n) is 2.61. The van der Waals surface area contributed by atoms with Crippen molar-refractivity contribution >= 4 is 41.0 Å². The Kier molecular flexibility index (Phi) is 7.49. The third-order valence-electron chi connectivity index (χ3n) is 4.29. The molecule has 0 unspecified atom stereocenters. The second-order valence-electron chi connectivity index (χ2n) is 6.86. The van der Waals surface area contributed by atoms with Crippen LogP contribution in [-0.2, 0) is 4.79 Å². The molecule has 3 aromatic rings. The van der Waals surface area contributed by atoms with E-state index in [1.165, 1.54) is 24.4 Å². The smallest absolute Gasteiger partial charge is 0.432 e. The molecule has 0 aliphatic rings. The van der Waals surface area contributed by atoms with Gasteiger partial charge >= 0.3 is 6.18 Å². The molecule has 5 N–H and O–H groups in total. The third kappa shape index (κ3) is 6.20. The molecule has 0 radical (unpaired) electrons. The maximum atomic E-state index is 14.5. The molecule has 1 amide bonds. The van der Waals surface area contributed by atoms with Crippen molar-refractivity contribution in [3.8, 4) is 11.6 Å². The first-order valence-electron chi connectivity index (χ1n) is 9.56. The van der Waals surface area contributed by atoms with Crippen molar-refractivity contribution in [3.63, 3.8) is 0 Å². The summed E-state index contributed by atoms with van der Waals surface area (Å²) in [6.45, 7) is 1.70. The van der Waals surface area contributed by atoms with Gasteiger partial charge in [0.15, 0.2) is 11.6 Å². The number of anilines is 3. The normalized spacial score (nSPS) is 11.9. The number of nitrogens with two attached hydrogens (primary N) is 1. The van der Waals surface area contributed by atoms with E-state index in [-0.39, 0.29) is 40.2 Å². The molecule has 9 nitrogen and oxygen atoms in total. The minimum absolute atomic E-state index is 0.0955. The zero-order valence-corrected chi connectivity index (χ0v) is 18.5. The average Bonchev–Trinajstić information content (AvgIpc) is 2.79. The second kappa shape index (κ2) is 10.3. The van der Waals surface area contributed by atoms with Gasteiger partial charge in [-0.25, -0.2) is 14.4 Å². The van der Waals surface area contributed by atoms with Crippen molar-refractivity contribution in [1.82, 2.24) is 15.0 Å². The van der Waals surface area contributed by atoms with Crippen LogP contribution in [0, 0.1) is 18.2 Å². The van der Waals surface area contributed by atoms with Crippen LogP contribution in [-0.4, -0.2) is 33.3 Å². The molecular weight excluding hydrogens is 494 g/mol. The molecule has 0 bridgehead atoms. The van der Waals surface area contributed by atoms with Crippen LogP contribution in [0.3, 0.4) is 0 Å². The van der Waals surface area contributed by atoms with Crippen LogP contribution in [0.4, 0.5) is 34.9 Å². The number of carbonyl (C=O) groups is 1. The first-order chi connectivity index (χ1) is 16.5. The molecule has 0 fully saturated rings. The Balaban J connectivity index is 1.85. The molecule has 0 aliphatic carbocycles. The molecule has 2 heterocycles. The molecule has 2 aromatic heterocycles. The molecule has 1 aromatic carbocycles. The molecule has 0 spiro atoms. The summed E-state index contributed by atoms with van der Waals surface area (Å²) in [6, 6.07) is 5.86. The SMILES string of the molecule is Cc1ccc(N/C(=C(\C=N)C(=O)Nc2ccc(Oc3ncnc(N)c3Cl)c(F)c2)C(F)(F)F)nc1. The average molecular weight is 510 g/mol. The van der Waals surface area contributed by atoms with Crippen molar-refractivity contribution < 1.29 is 27.1 Å². The van der Waals surface area contributed by atoms with Crippen molar-refractivity contribution in [2.75, 3.05) is 16.4 Å². The van der Waals surface area contributed by atoms with Gasteiger partial charge in [-0.3, -0.25) is 4.79 Å². The van der Waals surface area contributed by atoms with Gasteiger partial charge in [-0.05, 0) is 30.7 Å². The maximum Gasteiger partial charge on any atom is 0.432 e. The lowest BCUT2D eigenvalue weighted by molar-refractivity contribution is -0.114. The minimum atomic E-state index is -5.03. The molecule has 0 atom stereocenters. The topological polar surface area (TPSA) is 139 Å². The van der Waals surface area contributed by atoms with E-state index in [1.54, 1.807) is 6.92 Å². The Morgan fingerprint density at radius 3 is 2.51 bits per heavy atom. The number of benzene rings is 1. The molecule has 0 saturated carbocycles. The van der Waals surface area contributed by atoms with Gasteiger partial charge in [-0.15, -0.1) is 0 Å². The number of nitrogens with one attached hydrogen (secondary N) is 3. The summed E-state index contributed by atoms with van der Waals surface area (Å²) >= 11 is 5.90. The predicted octanol–water partition coefficient (Wildman–Crippen LogP) is 4.86. The number of hydrogen-bond acceptors (Lipinski definition) is 8. The number of nitrogen functional groups attached to an aromatic ring is 1. The van der Waals surface area contributed by atoms with E-state index in [0.717, 1.165) is 18.5 Å². The van der Waals surface area contributed by atoms with Gasteiger partial charge < -0.3 is 26.5 Å². The molecule has 0 saturated heterocycles. The van der Waals surface area contributed by atoms with Gasteiger partial charge in [0.05, 0.1) is 5.57 Å². The van der Waals surface area contributed by atoms with Crippen LogP contribution in [0.2, 0.25) is 5.02 Å². The highest BCUT2D eigenvalue weighted by atomic mass is 35.5. The number of pyridine rings is 1. The number of amides is 1. The van der Waals surface area contributed by atoms with Crippen LogP contribution < -0.4 is 21.1 Å². The molecule has 0 aliphatic heterocycles. The van der Waals surface area contributed by atoms with Crippen LogP contribution in [0.1, 0.15) is 5.56 Å². The van der Waals surface area contributed by atoms with E-state index < -0.39 is 29.2 Å². The van der Waals surface area contributed by atoms with E-state index in [0.29, 0.717) is 5.56 Å². The Hall–Kier alpha value is -4.26. The summed E-state index contributed by atoms with van der Waals surface area (Å²) in [5.41, 5.74) is 3.46. The highest BCUT2D eigenvalue weighted by Gasteiger charge is 2.38. The Bertz CT molecular complexity index is 1300. The number of rotatable bonds is 7. The Labute approximate surface area is 200 Å². The third-order valence-corrected chi connectivity index (χ3v) is 4.64. The van der Waals surface area contributed by atoms with Crippen molar-refractivity contribution in [1.29, 1.82) is 5.41 Å². The summed E-state index contributed by atoms with van der Waals surface area (Å²) in [6.07, 6.45) is -2.42. The summed E-state index contributed by atoms with van der Waals surface area (Å²) in [5, 5.41) is 11.4. The minimum Gasteiger partial charge on any atom is -0.434 e. The number of allylic oxidation sites excluding steroid dienone is 1. The van der Waals surface area contributed by atoms with Crippen LogP contribution in [0.15, 0.2) is 54.1 Å². The molecule has 14 heteroatoms. The lowest BCUT2D eigenvalue weighted by atomic mass is 10.1. The van der Waals surface area contributed by atoms with Gasteiger partial charge in [-0.2, -0.15) is 18.2 Å². The highest BCUT2D eigenvalue weighted by Crippen LogP contribution is 2.33. The first kappa shape index (κ1) is 25.4. The summed E-state index contributed by atoms with van der Waals surface area (Å²) in [4.78, 5) is 23.7. The Morgan fingerprint density at radius 1 is 1.17 bits per heavy atom. The molecule has 35 heavy (non-hydrogen) atoms. The number of halogens is 5. The lowest BCUT2D eigenvalue weighted by Crippen LogP contribution is -2.27. The fraction of sp³-hybridized carbons (Fsp3) is 0.0952. The zero-order valence-electron chi connectivity index (χ0n) is 17.7. The highest BCUT2D eigenvalue weighted by molar-refractivity contribution is 6.34. The zero-order chi connectivity index (χ0) is 25.8. The summed E-state index contributed by atoms with van der Waals surface area (Å²) in [5.74, 6) is -3.17. The quantitative estimate of drug-likeness (QED) is 0.202. The number of aryl methyl sites for hydroxylation is 1. The number of ether oxygens (including phenoxy) is 1. The van der Waals surface area contributed by atoms with E-state index in [1.807, 2.05) is 5.32 Å². The number of nitrogens with zero attached hydrogens (tertiary/aromatic N) is 3. The van der Waals surface area contributed by atoms with Gasteiger partial charge in [0, 0.05) is 24.2 Å². The predicted molar refractivity (Wildman–Crippen MR) is 121 cm³/mol. The molecular formula is C21H16ClF4N7O2. The van der Waals surface area contributed by atoms with Crippen molar-refractivity contribution in [2.45, 2.75) is 13.1 Å². The van der Waals surface area contributed by atoms with Crippen molar-refractivity contribution in [3.05, 3.63) is 70.5 Å². The van der Waals surface area contributed by atoms with Gasteiger partial charge in [0.25, 0.3) is 5.91 Å². The molecule has 3 rings (SSSR count). The standard InChI is InChI=1S/C21H16ClF4N7O2/c1-10-2-5-15(29-8-10)33-17(21(24,25)26)12(7-27)19(34)32-11-3-4-14(13(23)6-11)35-20-16(22)18(28)30-9-31-20/h2-9,27H,1H3,(H,29,33)(H,32,34)(H2,28,30,31)/b17-12+,27-7?. The van der Waals surface area contributed by atoms with E-state index >= 15 is 0 Å². The first-order valence-corrected chi connectivity index (χ1v) is 9.93. The monoisotopic (exact) mass is 509 g/mol. The number of alkyl halides is 3. The van der Waals surface area contributed by atoms with Crippen LogP contribution in [0.5, 0.6) is 11.6 Å².